The number of nitrogens with one attached hydrogen (secondary N) is 1. The third-order valence-electron chi connectivity index (χ3n) is 5.26. The normalized spacial score (nSPS) is 19.1. The lowest BCUT2D eigenvalue weighted by Gasteiger charge is -2.23. The van der Waals surface area contributed by atoms with Gasteiger partial charge in [0.25, 0.3) is 5.91 Å². The van der Waals surface area contributed by atoms with Crippen LogP contribution < -0.4 is 5.32 Å². The van der Waals surface area contributed by atoms with Crippen LogP contribution in [0, 0.1) is 18.6 Å². The highest BCUT2D eigenvalue weighted by atomic mass is 19.1. The maximum Gasteiger partial charge on any atom is 0.277 e. The Morgan fingerprint density at radius 3 is 2.75 bits per heavy atom. The summed E-state index contributed by atoms with van der Waals surface area (Å²) in [7, 11) is 0. The van der Waals surface area contributed by atoms with E-state index in [1.54, 1.807) is 6.92 Å². The monoisotopic (exact) mass is 389 g/mol. The topological polar surface area (TPSA) is 80.1 Å². The molecular weight excluding hydrogens is 368 g/mol. The molecule has 0 bridgehead atoms. The maximum absolute atomic E-state index is 13.9. The van der Waals surface area contributed by atoms with Crippen LogP contribution in [0.5, 0.6) is 0 Å². The quantitative estimate of drug-likeness (QED) is 0.846. The fraction of sp³-hybridized carbons (Fsp3) is 0.474. The molecule has 1 atom stereocenters. The molecule has 7 nitrogen and oxygen atoms in total. The van der Waals surface area contributed by atoms with Gasteiger partial charge in [0.2, 0.25) is 5.91 Å². The first-order chi connectivity index (χ1) is 13.4. The number of benzene rings is 1. The first-order valence-electron chi connectivity index (χ1n) is 9.39. The third kappa shape index (κ3) is 3.61. The highest BCUT2D eigenvalue weighted by molar-refractivity contribution is 5.97. The molecular formula is C19H21F2N5O2. The Morgan fingerprint density at radius 1 is 1.25 bits per heavy atom. The summed E-state index contributed by atoms with van der Waals surface area (Å²) in [6.45, 7) is 2.19. The molecule has 2 fully saturated rings. The summed E-state index contributed by atoms with van der Waals surface area (Å²) in [4.78, 5) is 26.9. The number of hydrogen-bond donors (Lipinski definition) is 1. The number of aromatic nitrogens is 3. The van der Waals surface area contributed by atoms with Crippen molar-refractivity contribution in [3.63, 3.8) is 0 Å². The average molecular weight is 389 g/mol. The van der Waals surface area contributed by atoms with Crippen LogP contribution in [0.4, 0.5) is 8.78 Å². The van der Waals surface area contributed by atoms with E-state index in [4.69, 9.17) is 0 Å². The largest absolute Gasteiger partial charge is 0.352 e. The number of amides is 2. The fourth-order valence-electron chi connectivity index (χ4n) is 3.46. The van der Waals surface area contributed by atoms with Gasteiger partial charge in [-0.2, -0.15) is 0 Å². The Bertz CT molecular complexity index is 925. The fourth-order valence-corrected chi connectivity index (χ4v) is 3.46. The van der Waals surface area contributed by atoms with Crippen molar-refractivity contribution in [2.45, 2.75) is 51.2 Å². The summed E-state index contributed by atoms with van der Waals surface area (Å²) in [5.74, 6) is -1.81. The summed E-state index contributed by atoms with van der Waals surface area (Å²) in [5, 5.41) is 10.9. The van der Waals surface area contributed by atoms with E-state index >= 15 is 0 Å². The number of nitrogens with zero attached hydrogens (tertiary/aromatic N) is 4. The zero-order valence-electron chi connectivity index (χ0n) is 15.5. The lowest BCUT2D eigenvalue weighted by atomic mass is 10.2. The van der Waals surface area contributed by atoms with Crippen LogP contribution in [0.2, 0.25) is 0 Å². The minimum Gasteiger partial charge on any atom is -0.352 e. The van der Waals surface area contributed by atoms with Gasteiger partial charge in [-0.1, -0.05) is 11.3 Å². The molecule has 2 aromatic rings. The van der Waals surface area contributed by atoms with E-state index in [0.717, 1.165) is 25.3 Å². The predicted octanol–water partition coefficient (Wildman–Crippen LogP) is 1.80. The molecule has 2 heterocycles. The summed E-state index contributed by atoms with van der Waals surface area (Å²) < 4.78 is 28.4. The predicted molar refractivity (Wildman–Crippen MR) is 95.4 cm³/mol. The first-order valence-corrected chi connectivity index (χ1v) is 9.39. The third-order valence-corrected chi connectivity index (χ3v) is 5.26. The van der Waals surface area contributed by atoms with Gasteiger partial charge in [0.05, 0.1) is 12.2 Å². The van der Waals surface area contributed by atoms with Gasteiger partial charge in [-0.3, -0.25) is 9.59 Å². The van der Waals surface area contributed by atoms with Gasteiger partial charge >= 0.3 is 0 Å². The van der Waals surface area contributed by atoms with E-state index in [-0.39, 0.29) is 35.7 Å². The minimum absolute atomic E-state index is 0.0316. The van der Waals surface area contributed by atoms with Gasteiger partial charge < -0.3 is 10.2 Å². The number of likely N-dealkylation sites (tertiary alicyclic amines) is 1. The maximum atomic E-state index is 13.9. The minimum atomic E-state index is -0.681. The molecule has 1 saturated heterocycles. The van der Waals surface area contributed by atoms with Gasteiger partial charge in [0.1, 0.15) is 17.7 Å². The molecule has 0 unspecified atom stereocenters. The number of hydrogen-bond acceptors (Lipinski definition) is 4. The second kappa shape index (κ2) is 7.29. The van der Waals surface area contributed by atoms with Crippen LogP contribution in [0.1, 0.15) is 47.4 Å². The molecule has 28 heavy (non-hydrogen) atoms. The van der Waals surface area contributed by atoms with E-state index in [1.165, 1.54) is 21.7 Å². The molecule has 0 radical (unpaired) electrons. The van der Waals surface area contributed by atoms with Crippen molar-refractivity contribution in [2.24, 2.45) is 0 Å². The molecule has 1 aromatic carbocycles. The number of rotatable bonds is 5. The van der Waals surface area contributed by atoms with Crippen LogP contribution in [0.15, 0.2) is 18.2 Å². The molecule has 1 aliphatic carbocycles. The number of halogens is 2. The van der Waals surface area contributed by atoms with E-state index in [1.807, 2.05) is 0 Å². The molecule has 0 spiro atoms. The lowest BCUT2D eigenvalue weighted by molar-refractivity contribution is -0.125. The summed E-state index contributed by atoms with van der Waals surface area (Å²) >= 11 is 0. The summed E-state index contributed by atoms with van der Waals surface area (Å²) in [6.07, 6.45) is 3.35. The van der Waals surface area contributed by atoms with Gasteiger partial charge in [-0.15, -0.1) is 5.10 Å². The van der Waals surface area contributed by atoms with Crippen molar-refractivity contribution in [1.29, 1.82) is 0 Å². The zero-order valence-corrected chi connectivity index (χ0v) is 15.5. The summed E-state index contributed by atoms with van der Waals surface area (Å²) in [6, 6.07) is 3.06. The molecule has 1 saturated carbocycles. The first kappa shape index (κ1) is 18.5. The second-order valence-electron chi connectivity index (χ2n) is 7.36. The van der Waals surface area contributed by atoms with Gasteiger partial charge in [0, 0.05) is 24.2 Å². The van der Waals surface area contributed by atoms with Crippen molar-refractivity contribution in [3.8, 4) is 0 Å². The van der Waals surface area contributed by atoms with Gasteiger partial charge in [-0.25, -0.2) is 13.5 Å². The molecule has 4 rings (SSSR count). The molecule has 9 heteroatoms. The summed E-state index contributed by atoms with van der Waals surface area (Å²) in [5.41, 5.74) is 0.867. The van der Waals surface area contributed by atoms with E-state index in [2.05, 4.69) is 15.6 Å². The Hall–Kier alpha value is -2.84. The van der Waals surface area contributed by atoms with Gasteiger partial charge in [0.15, 0.2) is 5.69 Å². The Morgan fingerprint density at radius 2 is 2.04 bits per heavy atom. The lowest BCUT2D eigenvalue weighted by Crippen LogP contribution is -2.46. The molecule has 2 amide bonds. The second-order valence-corrected chi connectivity index (χ2v) is 7.36. The van der Waals surface area contributed by atoms with Crippen molar-refractivity contribution in [1.82, 2.24) is 25.2 Å². The zero-order chi connectivity index (χ0) is 19.8. The molecule has 2 aliphatic rings. The Balaban J connectivity index is 1.51. The number of carbonyl (C=O) groups is 2. The van der Waals surface area contributed by atoms with Crippen LogP contribution in [0.3, 0.4) is 0 Å². The molecule has 1 aromatic heterocycles. The molecule has 1 N–H and O–H groups in total. The van der Waals surface area contributed by atoms with Crippen LogP contribution in [-0.4, -0.2) is 50.3 Å². The smallest absolute Gasteiger partial charge is 0.277 e. The van der Waals surface area contributed by atoms with E-state index < -0.39 is 17.7 Å². The molecule has 1 aliphatic heterocycles. The van der Waals surface area contributed by atoms with Gasteiger partial charge in [-0.05, 0) is 38.7 Å². The van der Waals surface area contributed by atoms with Crippen molar-refractivity contribution in [2.75, 3.05) is 6.54 Å². The average Bonchev–Trinajstić information content (AvgIpc) is 3.20. The van der Waals surface area contributed by atoms with E-state index in [9.17, 15) is 18.4 Å². The van der Waals surface area contributed by atoms with Crippen LogP contribution in [-0.2, 0) is 11.3 Å². The Kier molecular flexibility index (Phi) is 4.82. The van der Waals surface area contributed by atoms with Crippen molar-refractivity contribution >= 4 is 11.8 Å². The van der Waals surface area contributed by atoms with Crippen LogP contribution in [0.25, 0.3) is 0 Å². The van der Waals surface area contributed by atoms with Crippen molar-refractivity contribution < 1.29 is 18.4 Å². The number of carbonyl (C=O) groups excluding carboxylic acids is 2. The highest BCUT2D eigenvalue weighted by Crippen LogP contribution is 2.24. The highest BCUT2D eigenvalue weighted by Gasteiger charge is 2.38. The molecule has 148 valence electrons. The van der Waals surface area contributed by atoms with Crippen LogP contribution >= 0.6 is 0 Å². The standard InChI is InChI=1S/C19H21F2N5O2/c1-11-17(23-24-26(11)10-12-4-5-13(20)9-15(12)21)19(28)25-8-2-3-16(25)18(27)22-14-6-7-14/h4-5,9,14,16H,2-3,6-8,10H2,1H3,(H,22,27)/t16-/m1/s1. The Labute approximate surface area is 160 Å². The van der Waals surface area contributed by atoms with E-state index in [0.29, 0.717) is 18.7 Å². The van der Waals surface area contributed by atoms with Crippen molar-refractivity contribution in [3.05, 3.63) is 46.8 Å². The SMILES string of the molecule is Cc1c(C(=O)N2CCC[C@@H]2C(=O)NC2CC2)nnn1Cc1ccc(F)cc1F.